The van der Waals surface area contributed by atoms with Crippen molar-refractivity contribution in [3.05, 3.63) is 51.2 Å². The van der Waals surface area contributed by atoms with Crippen LogP contribution in [0.1, 0.15) is 114 Å². The number of fused-ring (bicyclic) bond motifs is 1. The van der Waals surface area contributed by atoms with Crippen molar-refractivity contribution in [2.45, 2.75) is 120 Å². The molecule has 0 radical (unpaired) electrons. The number of alkyl halides is 3. The molecule has 1 atom stereocenters. The monoisotopic (exact) mass is 584 g/mol. The normalized spacial score (nSPS) is 13.1. The first kappa shape index (κ1) is 33.9. The fraction of sp³-hybridized carbons (Fsp3) is 0.613. The van der Waals surface area contributed by atoms with Crippen LogP contribution in [0, 0.1) is 0 Å². The molecule has 0 spiro atoms. The van der Waals surface area contributed by atoms with Crippen molar-refractivity contribution in [3.8, 4) is 0 Å². The van der Waals surface area contributed by atoms with Crippen molar-refractivity contribution in [1.82, 2.24) is 0 Å². The molecule has 0 bridgehead atoms. The van der Waals surface area contributed by atoms with Crippen LogP contribution < -0.4 is 5.43 Å². The van der Waals surface area contributed by atoms with Gasteiger partial charge in [-0.25, -0.2) is 4.79 Å². The molecule has 0 amide bonds. The lowest BCUT2D eigenvalue weighted by molar-refractivity contribution is -0.138. The number of ether oxygens (including phenoxy) is 1. The lowest BCUT2D eigenvalue weighted by Gasteiger charge is -2.16. The molecule has 224 valence electrons. The second kappa shape index (κ2) is 18.2. The predicted molar refractivity (Wildman–Crippen MR) is 155 cm³/mol. The van der Waals surface area contributed by atoms with E-state index in [1.54, 1.807) is 12.1 Å². The van der Waals surface area contributed by atoms with Crippen LogP contribution in [0.15, 0.2) is 49.4 Å². The SMILES string of the molecule is CCCCCCCCCCCCCCC=C(Sc1ccc2c(=O)cc(C(=O)OC)oc2c1)[C@H](O)CCC(F)(F)F. The Labute approximate surface area is 239 Å². The van der Waals surface area contributed by atoms with Crippen LogP contribution >= 0.6 is 11.8 Å². The van der Waals surface area contributed by atoms with Gasteiger partial charge in [-0.3, -0.25) is 4.79 Å². The van der Waals surface area contributed by atoms with Crippen LogP contribution in [0.4, 0.5) is 13.2 Å². The Bertz CT molecular complexity index is 1130. The van der Waals surface area contributed by atoms with Crippen molar-refractivity contribution in [3.63, 3.8) is 0 Å². The van der Waals surface area contributed by atoms with E-state index < -0.39 is 36.5 Å². The Morgan fingerprint density at radius 2 is 1.60 bits per heavy atom. The van der Waals surface area contributed by atoms with Crippen molar-refractivity contribution in [1.29, 1.82) is 0 Å². The molecule has 1 N–H and O–H groups in total. The second-order valence-corrected chi connectivity index (χ2v) is 11.3. The van der Waals surface area contributed by atoms with Gasteiger partial charge in [-0.1, -0.05) is 95.4 Å². The summed E-state index contributed by atoms with van der Waals surface area (Å²) in [5.41, 5.74) is -0.255. The minimum absolute atomic E-state index is 0.156. The summed E-state index contributed by atoms with van der Waals surface area (Å²) in [6, 6.07) is 5.79. The summed E-state index contributed by atoms with van der Waals surface area (Å²) in [7, 11) is 1.18. The summed E-state index contributed by atoms with van der Waals surface area (Å²) >= 11 is 1.14. The zero-order chi connectivity index (χ0) is 29.4. The van der Waals surface area contributed by atoms with Gasteiger partial charge in [0.05, 0.1) is 18.6 Å². The van der Waals surface area contributed by atoms with Crippen molar-refractivity contribution >= 4 is 28.7 Å². The van der Waals surface area contributed by atoms with E-state index in [0.29, 0.717) is 16.2 Å². The number of aliphatic hydroxyl groups excluding tert-OH is 1. The van der Waals surface area contributed by atoms with E-state index in [1.807, 2.05) is 6.08 Å². The third-order valence-electron chi connectivity index (χ3n) is 6.76. The fourth-order valence-corrected chi connectivity index (χ4v) is 5.48. The van der Waals surface area contributed by atoms with E-state index in [9.17, 15) is 27.9 Å². The van der Waals surface area contributed by atoms with Gasteiger partial charge in [0.2, 0.25) is 5.76 Å². The van der Waals surface area contributed by atoms with Crippen molar-refractivity contribution in [2.24, 2.45) is 0 Å². The average Bonchev–Trinajstić information content (AvgIpc) is 2.92. The van der Waals surface area contributed by atoms with E-state index in [4.69, 9.17) is 4.42 Å². The Hall–Kier alpha value is -2.26. The van der Waals surface area contributed by atoms with Gasteiger partial charge in [0.1, 0.15) is 5.58 Å². The first-order chi connectivity index (χ1) is 19.1. The molecule has 0 saturated heterocycles. The fourth-order valence-electron chi connectivity index (χ4n) is 4.45. The van der Waals surface area contributed by atoms with E-state index in [0.717, 1.165) is 37.1 Å². The minimum Gasteiger partial charge on any atom is -0.463 e. The maximum atomic E-state index is 12.8. The summed E-state index contributed by atoms with van der Waals surface area (Å²) in [5, 5.41) is 10.9. The number of carbonyl (C=O) groups excluding carboxylic acids is 1. The molecule has 1 aromatic heterocycles. The minimum atomic E-state index is -4.36. The topological polar surface area (TPSA) is 76.7 Å². The number of unbranched alkanes of at least 4 members (excludes halogenated alkanes) is 12. The van der Waals surface area contributed by atoms with Gasteiger partial charge in [0, 0.05) is 22.3 Å². The van der Waals surface area contributed by atoms with Crippen LogP contribution in [-0.4, -0.2) is 30.5 Å². The highest BCUT2D eigenvalue weighted by molar-refractivity contribution is 8.03. The van der Waals surface area contributed by atoms with E-state index in [1.165, 1.54) is 71.0 Å². The number of thioether (sulfide) groups is 1. The molecule has 0 saturated carbocycles. The third kappa shape index (κ3) is 12.9. The van der Waals surface area contributed by atoms with E-state index in [-0.39, 0.29) is 16.7 Å². The highest BCUT2D eigenvalue weighted by atomic mass is 32.2. The molecule has 9 heteroatoms. The predicted octanol–water partition coefficient (Wildman–Crippen LogP) is 9.35. The van der Waals surface area contributed by atoms with Crippen molar-refractivity contribution in [2.75, 3.05) is 7.11 Å². The number of halogens is 3. The van der Waals surface area contributed by atoms with Gasteiger partial charge >= 0.3 is 12.1 Å². The molecule has 0 aliphatic heterocycles. The highest BCUT2D eigenvalue weighted by Crippen LogP contribution is 2.34. The van der Waals surface area contributed by atoms with Gasteiger partial charge in [0.25, 0.3) is 0 Å². The molecule has 2 rings (SSSR count). The quantitative estimate of drug-likeness (QED) is 0.101. The molecule has 40 heavy (non-hydrogen) atoms. The van der Waals surface area contributed by atoms with Crippen LogP contribution in [0.2, 0.25) is 0 Å². The van der Waals surface area contributed by atoms with Crippen LogP contribution in [0.25, 0.3) is 11.0 Å². The number of methoxy groups -OCH3 is 1. The van der Waals surface area contributed by atoms with Gasteiger partial charge in [-0.2, -0.15) is 13.2 Å². The molecule has 0 aliphatic carbocycles. The number of hydrogen-bond donors (Lipinski definition) is 1. The summed E-state index contributed by atoms with van der Waals surface area (Å²) in [5.74, 6) is -1.03. The first-order valence-electron chi connectivity index (χ1n) is 14.4. The number of aliphatic hydroxyl groups is 1. The zero-order valence-corrected chi connectivity index (χ0v) is 24.5. The largest absolute Gasteiger partial charge is 0.463 e. The van der Waals surface area contributed by atoms with E-state index >= 15 is 0 Å². The second-order valence-electron chi connectivity index (χ2n) is 10.2. The Morgan fingerprint density at radius 1 is 1.00 bits per heavy atom. The molecule has 5 nitrogen and oxygen atoms in total. The zero-order valence-electron chi connectivity index (χ0n) is 23.7. The standard InChI is InChI=1S/C31H43F3O5S/c1-3-4-5-6-7-8-9-10-11-12-13-14-15-16-29(25(35)19-20-31(32,33)34)40-23-17-18-24-26(36)22-28(30(37)38-2)39-27(24)21-23/h16-18,21-22,25,35H,3-15,19-20H2,1-2H3/t25-/m1/s1. The highest BCUT2D eigenvalue weighted by Gasteiger charge is 2.29. The Morgan fingerprint density at radius 3 is 2.17 bits per heavy atom. The number of hydrogen-bond acceptors (Lipinski definition) is 6. The molecule has 1 heterocycles. The molecule has 0 unspecified atom stereocenters. The molecule has 0 aliphatic rings. The number of benzene rings is 1. The number of rotatable bonds is 19. The van der Waals surface area contributed by atoms with Crippen LogP contribution in [-0.2, 0) is 4.74 Å². The summed E-state index contributed by atoms with van der Waals surface area (Å²) in [4.78, 5) is 25.2. The average molecular weight is 585 g/mol. The smallest absolute Gasteiger partial charge is 0.389 e. The van der Waals surface area contributed by atoms with Gasteiger partial charge in [-0.05, 0) is 37.5 Å². The van der Waals surface area contributed by atoms with Gasteiger partial charge in [-0.15, -0.1) is 0 Å². The lowest BCUT2D eigenvalue weighted by atomic mass is 10.0. The molecule has 1 aromatic carbocycles. The molecular formula is C31H43F3O5S. The number of carbonyl (C=O) groups is 1. The van der Waals surface area contributed by atoms with Crippen LogP contribution in [0.3, 0.4) is 0 Å². The maximum absolute atomic E-state index is 12.8. The van der Waals surface area contributed by atoms with E-state index in [2.05, 4.69) is 11.7 Å². The van der Waals surface area contributed by atoms with Gasteiger partial charge in [0.15, 0.2) is 5.43 Å². The number of allylic oxidation sites excluding steroid dienone is 1. The van der Waals surface area contributed by atoms with Crippen LogP contribution in [0.5, 0.6) is 0 Å². The Balaban J connectivity index is 1.96. The number of esters is 1. The summed E-state index contributed by atoms with van der Waals surface area (Å²) < 4.78 is 48.6. The summed E-state index contributed by atoms with van der Waals surface area (Å²) in [6.45, 7) is 2.22. The van der Waals surface area contributed by atoms with Crippen molar-refractivity contribution < 1.29 is 32.2 Å². The molecule has 0 fully saturated rings. The summed E-state index contributed by atoms with van der Waals surface area (Å²) in [6.07, 6.45) is 9.92. The maximum Gasteiger partial charge on any atom is 0.389 e. The Kier molecular flexibility index (Phi) is 15.5. The lowest BCUT2D eigenvalue weighted by Crippen LogP contribution is -2.15. The molecule has 2 aromatic rings. The molecular weight excluding hydrogens is 541 g/mol. The first-order valence-corrected chi connectivity index (χ1v) is 15.2. The van der Waals surface area contributed by atoms with Gasteiger partial charge < -0.3 is 14.3 Å². The third-order valence-corrected chi connectivity index (χ3v) is 7.92.